The number of terminal acetylenes is 1. The summed E-state index contributed by atoms with van der Waals surface area (Å²) in [5, 5.41) is 0. The zero-order valence-electron chi connectivity index (χ0n) is 18.5. The van der Waals surface area contributed by atoms with E-state index in [1.165, 1.54) is 16.7 Å². The Labute approximate surface area is 176 Å². The molecule has 1 aromatic carbocycles. The number of fused-ring (bicyclic) bond motifs is 2. The molecule has 0 heterocycles. The fourth-order valence-corrected chi connectivity index (χ4v) is 5.26. The summed E-state index contributed by atoms with van der Waals surface area (Å²) in [6, 6.07) is 7.64. The van der Waals surface area contributed by atoms with Gasteiger partial charge in [0.25, 0.3) is 0 Å². The molecule has 150 valence electrons. The van der Waals surface area contributed by atoms with Crippen molar-refractivity contribution in [1.82, 2.24) is 4.90 Å². The molecule has 1 fully saturated rings. The molecule has 0 N–H and O–H groups in total. The van der Waals surface area contributed by atoms with Crippen LogP contribution >= 0.6 is 0 Å². The minimum Gasteiger partial charge on any atom is -0.300 e. The highest BCUT2D eigenvalue weighted by Crippen LogP contribution is 2.53. The van der Waals surface area contributed by atoms with Gasteiger partial charge in [0.05, 0.1) is 0 Å². The van der Waals surface area contributed by atoms with Crippen LogP contribution in [0.5, 0.6) is 0 Å². The molecule has 3 atom stereocenters. The Balaban J connectivity index is 1.83. The van der Waals surface area contributed by atoms with E-state index in [4.69, 9.17) is 6.42 Å². The van der Waals surface area contributed by atoms with Crippen LogP contribution in [0.15, 0.2) is 65.3 Å². The molecule has 0 radical (unpaired) electrons. The van der Waals surface area contributed by atoms with Gasteiger partial charge in [-0.1, -0.05) is 85.9 Å². The molecule has 0 spiro atoms. The van der Waals surface area contributed by atoms with Gasteiger partial charge in [-0.15, -0.1) is 6.42 Å². The molecular formula is C28H33N. The highest BCUT2D eigenvalue weighted by atomic mass is 15.1. The molecule has 3 aliphatic rings. The summed E-state index contributed by atoms with van der Waals surface area (Å²) in [5.41, 5.74) is 9.43. The lowest BCUT2D eigenvalue weighted by Gasteiger charge is -2.45. The number of hydrogen-bond acceptors (Lipinski definition) is 1. The average Bonchev–Trinajstić information content (AvgIpc) is 2.66. The van der Waals surface area contributed by atoms with Crippen LogP contribution in [-0.4, -0.2) is 25.0 Å². The van der Waals surface area contributed by atoms with Crippen LogP contribution in [0.3, 0.4) is 0 Å². The van der Waals surface area contributed by atoms with Crippen LogP contribution in [0.2, 0.25) is 0 Å². The number of likely N-dealkylation sites (N-methyl/N-ethyl adjacent to an activating group) is 1. The topological polar surface area (TPSA) is 3.24 Å². The third-order valence-corrected chi connectivity index (χ3v) is 6.81. The highest BCUT2D eigenvalue weighted by molar-refractivity contribution is 5.52. The lowest BCUT2D eigenvalue weighted by atomic mass is 9.60. The minimum atomic E-state index is 0.176. The van der Waals surface area contributed by atoms with Crippen LogP contribution in [0.1, 0.15) is 56.2 Å². The van der Waals surface area contributed by atoms with E-state index < -0.39 is 0 Å². The Kier molecular flexibility index (Phi) is 5.18. The maximum Gasteiger partial charge on any atom is 0.0461 e. The summed E-state index contributed by atoms with van der Waals surface area (Å²) in [7, 11) is 4.36. The molecule has 0 bridgehead atoms. The molecule has 1 aromatic rings. The SMILES string of the molecule is C#C/C=C\C=C1\CC2=CC(N(C)C)C=C3Cc4ccc(C(C)(C)C)cc4C(C1)C23. The largest absolute Gasteiger partial charge is 0.300 e. The van der Waals surface area contributed by atoms with Crippen LogP contribution in [0.25, 0.3) is 0 Å². The first kappa shape index (κ1) is 20.0. The van der Waals surface area contributed by atoms with E-state index >= 15 is 0 Å². The zero-order valence-corrected chi connectivity index (χ0v) is 18.5. The molecular weight excluding hydrogens is 350 g/mol. The number of benzene rings is 1. The third-order valence-electron chi connectivity index (χ3n) is 6.81. The average molecular weight is 384 g/mol. The first-order valence-corrected chi connectivity index (χ1v) is 10.8. The number of nitrogens with zero attached hydrogens (tertiary/aromatic N) is 1. The summed E-state index contributed by atoms with van der Waals surface area (Å²) < 4.78 is 0. The Morgan fingerprint density at radius 3 is 2.48 bits per heavy atom. The van der Waals surface area contributed by atoms with Gasteiger partial charge in [0.15, 0.2) is 0 Å². The summed E-state index contributed by atoms with van der Waals surface area (Å²) in [4.78, 5) is 2.32. The maximum absolute atomic E-state index is 5.41. The number of rotatable bonds is 2. The van der Waals surface area contributed by atoms with Gasteiger partial charge in [0.1, 0.15) is 0 Å². The number of hydrogen-bond donors (Lipinski definition) is 0. The van der Waals surface area contributed by atoms with Crippen molar-refractivity contribution < 1.29 is 0 Å². The van der Waals surface area contributed by atoms with E-state index in [1.54, 1.807) is 22.8 Å². The predicted molar refractivity (Wildman–Crippen MR) is 124 cm³/mol. The van der Waals surface area contributed by atoms with Crippen molar-refractivity contribution in [2.45, 2.75) is 57.4 Å². The normalized spacial score (nSPS) is 27.3. The van der Waals surface area contributed by atoms with Crippen LogP contribution in [0.4, 0.5) is 0 Å². The molecule has 1 nitrogen and oxygen atoms in total. The summed E-state index contributed by atoms with van der Waals surface area (Å²) in [6.07, 6.45) is 19.8. The second-order valence-corrected chi connectivity index (χ2v) is 10.1. The van der Waals surface area contributed by atoms with Crippen molar-refractivity contribution in [3.05, 3.63) is 82.0 Å². The Bertz CT molecular complexity index is 969. The van der Waals surface area contributed by atoms with E-state index in [9.17, 15) is 0 Å². The van der Waals surface area contributed by atoms with Gasteiger partial charge >= 0.3 is 0 Å². The van der Waals surface area contributed by atoms with Crippen molar-refractivity contribution >= 4 is 0 Å². The highest BCUT2D eigenvalue weighted by Gasteiger charge is 2.41. The van der Waals surface area contributed by atoms with Gasteiger partial charge in [-0.25, -0.2) is 0 Å². The monoisotopic (exact) mass is 383 g/mol. The minimum absolute atomic E-state index is 0.176. The second kappa shape index (κ2) is 7.51. The van der Waals surface area contributed by atoms with Gasteiger partial charge in [-0.2, -0.15) is 0 Å². The van der Waals surface area contributed by atoms with Gasteiger partial charge in [0.2, 0.25) is 0 Å². The molecule has 1 saturated carbocycles. The van der Waals surface area contributed by atoms with Crippen molar-refractivity contribution in [2.24, 2.45) is 5.92 Å². The first-order chi connectivity index (χ1) is 13.8. The summed E-state index contributed by atoms with van der Waals surface area (Å²) in [5.74, 6) is 3.73. The standard InChI is InChI=1S/C28H33N/c1-7-8-9-10-19-13-21-16-24(29(5)6)17-22-15-20-11-12-23(28(2,3)4)18-25(20)26(14-19)27(21)22/h1,8-12,16-18,24,26-27H,13-15H2,2-6H3/b9-8-,19-10-. The van der Waals surface area contributed by atoms with Gasteiger partial charge in [-0.3, -0.25) is 4.90 Å². The maximum atomic E-state index is 5.41. The lowest BCUT2D eigenvalue weighted by molar-refractivity contribution is 0.365. The fourth-order valence-electron chi connectivity index (χ4n) is 5.26. The van der Waals surface area contributed by atoms with E-state index in [-0.39, 0.29) is 5.41 Å². The molecule has 0 aromatic heterocycles. The quantitative estimate of drug-likeness (QED) is 0.451. The number of allylic oxidation sites excluding steroid dienone is 6. The molecule has 29 heavy (non-hydrogen) atoms. The van der Waals surface area contributed by atoms with Crippen molar-refractivity contribution in [1.29, 1.82) is 0 Å². The smallest absolute Gasteiger partial charge is 0.0461 e. The zero-order chi connectivity index (χ0) is 20.8. The van der Waals surface area contributed by atoms with Gasteiger partial charge in [-0.05, 0) is 67.5 Å². The Morgan fingerprint density at radius 2 is 1.83 bits per heavy atom. The van der Waals surface area contributed by atoms with Gasteiger partial charge in [0, 0.05) is 12.0 Å². The molecule has 0 amide bonds. The Hall–Kier alpha value is -2.30. The lowest BCUT2D eigenvalue weighted by Crippen LogP contribution is -2.36. The molecule has 0 saturated heterocycles. The molecule has 3 unspecified atom stereocenters. The second-order valence-electron chi connectivity index (χ2n) is 10.1. The fraction of sp³-hybridized carbons (Fsp3) is 0.429. The third kappa shape index (κ3) is 3.79. The van der Waals surface area contributed by atoms with Gasteiger partial charge < -0.3 is 0 Å². The van der Waals surface area contributed by atoms with Crippen molar-refractivity contribution in [3.8, 4) is 12.3 Å². The Morgan fingerprint density at radius 1 is 1.10 bits per heavy atom. The molecule has 4 rings (SSSR count). The van der Waals surface area contributed by atoms with E-state index in [0.717, 1.165) is 19.3 Å². The van der Waals surface area contributed by atoms with Crippen molar-refractivity contribution in [2.75, 3.05) is 14.1 Å². The van der Waals surface area contributed by atoms with E-state index in [2.05, 4.69) is 82.1 Å². The van der Waals surface area contributed by atoms with E-state index in [1.807, 2.05) is 6.08 Å². The summed E-state index contributed by atoms with van der Waals surface area (Å²) >= 11 is 0. The molecule has 0 aliphatic heterocycles. The van der Waals surface area contributed by atoms with Crippen LogP contribution in [-0.2, 0) is 11.8 Å². The van der Waals surface area contributed by atoms with E-state index in [0.29, 0.717) is 17.9 Å². The molecule has 3 aliphatic carbocycles. The first-order valence-electron chi connectivity index (χ1n) is 10.8. The summed E-state index contributed by atoms with van der Waals surface area (Å²) in [6.45, 7) is 6.94. The molecule has 1 heteroatoms. The van der Waals surface area contributed by atoms with Crippen molar-refractivity contribution in [3.63, 3.8) is 0 Å². The van der Waals surface area contributed by atoms with Crippen LogP contribution < -0.4 is 0 Å². The van der Waals surface area contributed by atoms with Crippen LogP contribution in [0, 0.1) is 18.3 Å². The predicted octanol–water partition coefficient (Wildman–Crippen LogP) is 5.95.